The maximum absolute atomic E-state index is 12.8. The standard InChI is InChI=1S/C25H24N2O2SSe2/c1-17-8-9-20-22(14-17)31-26(24(20)28)10-4-12-30-13-5-11-27-25(29)21-15-18-6-2-3-7-19(18)16-23(21)32-27/h2-3,6-9,14-16H,4-5,10-13H2,1H3. The number of benzene rings is 3. The molecule has 3 aromatic carbocycles. The zero-order valence-corrected chi connectivity index (χ0v) is 22.1. The molecule has 7 heteroatoms. The molecule has 4 nitrogen and oxygen atoms in total. The van der Waals surface area contributed by atoms with Crippen molar-refractivity contribution in [1.82, 2.24) is 7.12 Å². The van der Waals surface area contributed by atoms with Crippen molar-refractivity contribution >= 4 is 71.3 Å². The van der Waals surface area contributed by atoms with Crippen LogP contribution in [0.15, 0.2) is 64.2 Å². The van der Waals surface area contributed by atoms with Gasteiger partial charge in [-0.05, 0) is 0 Å². The van der Waals surface area contributed by atoms with Crippen molar-refractivity contribution in [3.8, 4) is 0 Å². The fourth-order valence-corrected chi connectivity index (χ4v) is 9.42. The predicted octanol–water partition coefficient (Wildman–Crippen LogP) is 4.11. The van der Waals surface area contributed by atoms with Crippen LogP contribution in [-0.2, 0) is 13.1 Å². The summed E-state index contributed by atoms with van der Waals surface area (Å²) in [5, 5.41) is 4.15. The van der Waals surface area contributed by atoms with E-state index < -0.39 is 0 Å². The summed E-state index contributed by atoms with van der Waals surface area (Å²) in [7, 11) is 0. The first-order chi connectivity index (χ1) is 15.6. The molecular weight excluding hydrogens is 550 g/mol. The van der Waals surface area contributed by atoms with Crippen LogP contribution in [0.2, 0.25) is 0 Å². The van der Waals surface area contributed by atoms with Gasteiger partial charge in [0.2, 0.25) is 0 Å². The number of fused-ring (bicyclic) bond motifs is 3. The molecule has 0 spiro atoms. The molecule has 32 heavy (non-hydrogen) atoms. The van der Waals surface area contributed by atoms with Crippen molar-refractivity contribution in [3.63, 3.8) is 0 Å². The molecule has 164 valence electrons. The van der Waals surface area contributed by atoms with Crippen LogP contribution in [0.1, 0.15) is 18.4 Å². The Balaban J connectivity index is 1.12. The summed E-state index contributed by atoms with van der Waals surface area (Å²) in [6.45, 7) is 3.76. The van der Waals surface area contributed by atoms with Crippen LogP contribution in [0.5, 0.6) is 0 Å². The fraction of sp³-hybridized carbons (Fsp3) is 0.280. The number of nitrogens with zero attached hydrogens (tertiary/aromatic N) is 2. The van der Waals surface area contributed by atoms with Gasteiger partial charge in [-0.2, -0.15) is 0 Å². The van der Waals surface area contributed by atoms with Crippen LogP contribution in [0.3, 0.4) is 0 Å². The van der Waals surface area contributed by atoms with Crippen LogP contribution < -0.4 is 11.1 Å². The average molecular weight is 574 g/mol. The van der Waals surface area contributed by atoms with Gasteiger partial charge in [-0.15, -0.1) is 0 Å². The van der Waals surface area contributed by atoms with Crippen LogP contribution in [-0.4, -0.2) is 48.1 Å². The molecule has 0 bridgehead atoms. The van der Waals surface area contributed by atoms with E-state index in [1.165, 1.54) is 19.5 Å². The number of aryl methyl sites for hydroxylation is 3. The molecule has 0 amide bonds. The first-order valence-electron chi connectivity index (χ1n) is 10.8. The molecule has 0 saturated carbocycles. The summed E-state index contributed by atoms with van der Waals surface area (Å²) >= 11 is 2.15. The topological polar surface area (TPSA) is 44.0 Å². The monoisotopic (exact) mass is 576 g/mol. The molecule has 0 radical (unpaired) electrons. The molecule has 2 aromatic heterocycles. The second-order valence-corrected chi connectivity index (χ2v) is 13.7. The normalized spacial score (nSPS) is 11.8. The third kappa shape index (κ3) is 4.50. The van der Waals surface area contributed by atoms with Crippen LogP contribution in [0, 0.1) is 6.92 Å². The second-order valence-electron chi connectivity index (χ2n) is 8.01. The molecular formula is C25H24N2O2SSe2. The van der Waals surface area contributed by atoms with Crippen molar-refractivity contribution in [2.45, 2.75) is 32.9 Å². The minimum atomic E-state index is 0.0900. The van der Waals surface area contributed by atoms with Gasteiger partial charge in [0.1, 0.15) is 0 Å². The van der Waals surface area contributed by atoms with Crippen LogP contribution in [0.25, 0.3) is 30.1 Å². The van der Waals surface area contributed by atoms with Gasteiger partial charge < -0.3 is 0 Å². The molecule has 0 aliphatic carbocycles. The summed E-state index contributed by atoms with van der Waals surface area (Å²) in [6, 6.07) is 18.7. The molecule has 5 rings (SSSR count). The van der Waals surface area contributed by atoms with Gasteiger partial charge in [-0.1, -0.05) is 0 Å². The molecule has 0 atom stereocenters. The molecule has 0 fully saturated rings. The van der Waals surface area contributed by atoms with Gasteiger partial charge in [0, 0.05) is 0 Å². The van der Waals surface area contributed by atoms with Crippen molar-refractivity contribution in [2.75, 3.05) is 11.5 Å². The van der Waals surface area contributed by atoms with E-state index in [1.807, 2.05) is 43.2 Å². The molecule has 0 aliphatic rings. The zero-order chi connectivity index (χ0) is 22.1. The fourth-order valence-electron chi connectivity index (χ4n) is 3.95. The number of thioether (sulfide) groups is 1. The molecule has 0 N–H and O–H groups in total. The summed E-state index contributed by atoms with van der Waals surface area (Å²) in [5.74, 6) is 2.11. The van der Waals surface area contributed by atoms with Crippen LogP contribution >= 0.6 is 11.8 Å². The molecule has 2 heterocycles. The Kier molecular flexibility index (Phi) is 6.63. The number of aromatic nitrogens is 2. The van der Waals surface area contributed by atoms with E-state index in [0.29, 0.717) is 0 Å². The number of hydrogen-bond acceptors (Lipinski definition) is 3. The SMILES string of the molecule is Cc1ccc2c(=O)n(CCCSCCCn3[se]c4cc5ccccc5cc4c3=O)[se]c2c1. The Morgan fingerprint density at radius 3 is 2.03 bits per heavy atom. The summed E-state index contributed by atoms with van der Waals surface area (Å²) in [4.78, 5) is 25.3. The number of hydrogen-bond donors (Lipinski definition) is 0. The predicted molar refractivity (Wildman–Crippen MR) is 139 cm³/mol. The van der Waals surface area contributed by atoms with Gasteiger partial charge >= 0.3 is 204 Å². The average Bonchev–Trinajstić information content (AvgIpc) is 3.27. The number of rotatable bonds is 8. The molecule has 0 aliphatic heterocycles. The van der Waals surface area contributed by atoms with Gasteiger partial charge in [0.15, 0.2) is 0 Å². The van der Waals surface area contributed by atoms with Crippen molar-refractivity contribution in [3.05, 3.63) is 80.9 Å². The molecule has 0 saturated heterocycles. The summed E-state index contributed by atoms with van der Waals surface area (Å²) < 4.78 is 6.51. The Hall–Kier alpha value is -1.75. The third-order valence-corrected chi connectivity index (χ3v) is 11.4. The van der Waals surface area contributed by atoms with Gasteiger partial charge in [0.25, 0.3) is 0 Å². The van der Waals surface area contributed by atoms with Gasteiger partial charge in [-0.3, -0.25) is 0 Å². The van der Waals surface area contributed by atoms with E-state index in [-0.39, 0.29) is 40.6 Å². The quantitative estimate of drug-likeness (QED) is 0.207. The van der Waals surface area contributed by atoms with E-state index in [1.54, 1.807) is 0 Å². The van der Waals surface area contributed by atoms with Crippen molar-refractivity contribution in [2.24, 2.45) is 0 Å². The Bertz CT molecular complexity index is 1530. The first-order valence-corrected chi connectivity index (χ1v) is 15.2. The van der Waals surface area contributed by atoms with E-state index in [9.17, 15) is 9.59 Å². The Morgan fingerprint density at radius 1 is 0.750 bits per heavy atom. The van der Waals surface area contributed by atoms with Crippen LogP contribution in [0.4, 0.5) is 0 Å². The summed E-state index contributed by atoms with van der Waals surface area (Å²) in [5.41, 5.74) is 1.62. The van der Waals surface area contributed by atoms with Gasteiger partial charge in [-0.25, -0.2) is 0 Å². The minimum absolute atomic E-state index is 0.0900. The zero-order valence-electron chi connectivity index (χ0n) is 17.9. The third-order valence-electron chi connectivity index (χ3n) is 5.62. The van der Waals surface area contributed by atoms with E-state index >= 15 is 0 Å². The molecule has 0 unspecified atom stereocenters. The second kappa shape index (κ2) is 9.62. The van der Waals surface area contributed by atoms with E-state index in [0.717, 1.165) is 53.6 Å². The van der Waals surface area contributed by atoms with E-state index in [2.05, 4.69) is 37.3 Å². The van der Waals surface area contributed by atoms with E-state index in [4.69, 9.17) is 0 Å². The molecule has 5 aromatic rings. The van der Waals surface area contributed by atoms with Crippen molar-refractivity contribution < 1.29 is 0 Å². The summed E-state index contributed by atoms with van der Waals surface area (Å²) in [6.07, 6.45) is 2.04. The maximum atomic E-state index is 12.8. The Morgan fingerprint density at radius 2 is 1.34 bits per heavy atom. The Labute approximate surface area is 202 Å². The van der Waals surface area contributed by atoms with Crippen molar-refractivity contribution in [1.29, 1.82) is 0 Å². The first kappa shape index (κ1) is 22.1. The van der Waals surface area contributed by atoms with Gasteiger partial charge in [0.05, 0.1) is 0 Å².